The molecule has 8 nitrogen and oxygen atoms in total. The van der Waals surface area contributed by atoms with E-state index in [1.54, 1.807) is 18.2 Å². The van der Waals surface area contributed by atoms with E-state index < -0.39 is 43.6 Å². The van der Waals surface area contributed by atoms with Crippen LogP contribution in [0.4, 0.5) is 0 Å². The Balaban J connectivity index is 2.60. The second-order valence-electron chi connectivity index (χ2n) is 4.60. The third-order valence-electron chi connectivity index (χ3n) is 3.04. The van der Waals surface area contributed by atoms with E-state index in [2.05, 4.69) is 0 Å². The molecule has 0 fully saturated rings. The topological polar surface area (TPSA) is 137 Å². The molecule has 0 saturated carbocycles. The van der Waals surface area contributed by atoms with Gasteiger partial charge < -0.3 is 35.0 Å². The summed E-state index contributed by atoms with van der Waals surface area (Å²) >= 11 is 0. The Hall–Kier alpha value is -1.71. The number of ether oxygens (including phenoxy) is 2. The highest BCUT2D eigenvalue weighted by Crippen LogP contribution is 2.18. The normalized spacial score (nSPS) is 16.5. The molecule has 0 aliphatic heterocycles. The second kappa shape index (κ2) is 8.66. The van der Waals surface area contributed by atoms with Crippen molar-refractivity contribution in [1.82, 2.24) is 0 Å². The first-order valence-corrected chi connectivity index (χ1v) is 6.55. The number of hydrogen-bond donors (Lipinski definition) is 5. The molecule has 124 valence electrons. The maximum absolute atomic E-state index is 11.9. The molecule has 4 atom stereocenters. The lowest BCUT2D eigenvalue weighted by Crippen LogP contribution is -2.47. The van der Waals surface area contributed by atoms with Crippen molar-refractivity contribution in [3.63, 3.8) is 0 Å². The second-order valence-corrected chi connectivity index (χ2v) is 4.60. The Labute approximate surface area is 127 Å². The van der Waals surface area contributed by atoms with Crippen molar-refractivity contribution < 1.29 is 39.8 Å². The maximum Gasteiger partial charge on any atom is 0.342 e. The van der Waals surface area contributed by atoms with Crippen LogP contribution in [-0.2, 0) is 4.74 Å². The van der Waals surface area contributed by atoms with Crippen LogP contribution >= 0.6 is 0 Å². The largest absolute Gasteiger partial charge is 0.496 e. The van der Waals surface area contributed by atoms with Gasteiger partial charge in [0.2, 0.25) is 0 Å². The van der Waals surface area contributed by atoms with Gasteiger partial charge >= 0.3 is 5.97 Å². The molecule has 0 aliphatic rings. The van der Waals surface area contributed by atoms with Crippen molar-refractivity contribution in [2.45, 2.75) is 24.4 Å². The van der Waals surface area contributed by atoms with Crippen LogP contribution in [0.1, 0.15) is 10.4 Å². The number of aliphatic hydroxyl groups is 5. The van der Waals surface area contributed by atoms with Gasteiger partial charge in [-0.05, 0) is 12.1 Å². The SMILES string of the molecule is COc1ccccc1C(=O)OC[C@H](O)[C@@H](O)[C@H](O)[C@H](O)CO. The minimum absolute atomic E-state index is 0.141. The number of benzene rings is 1. The third-order valence-corrected chi connectivity index (χ3v) is 3.04. The summed E-state index contributed by atoms with van der Waals surface area (Å²) in [4.78, 5) is 11.9. The van der Waals surface area contributed by atoms with E-state index in [1.807, 2.05) is 0 Å². The van der Waals surface area contributed by atoms with Gasteiger partial charge in [-0.15, -0.1) is 0 Å². The fourth-order valence-corrected chi connectivity index (χ4v) is 1.71. The minimum atomic E-state index is -1.78. The zero-order valence-electron chi connectivity index (χ0n) is 12.0. The fourth-order valence-electron chi connectivity index (χ4n) is 1.71. The lowest BCUT2D eigenvalue weighted by Gasteiger charge is -2.25. The summed E-state index contributed by atoms with van der Waals surface area (Å²) in [5, 5.41) is 46.5. The van der Waals surface area contributed by atoms with Crippen molar-refractivity contribution in [3.05, 3.63) is 29.8 Å². The summed E-state index contributed by atoms with van der Waals surface area (Å²) in [6.07, 6.45) is -6.80. The average molecular weight is 316 g/mol. The van der Waals surface area contributed by atoms with Gasteiger partial charge in [0.15, 0.2) is 0 Å². The quantitative estimate of drug-likeness (QED) is 0.358. The minimum Gasteiger partial charge on any atom is -0.496 e. The van der Waals surface area contributed by atoms with Crippen LogP contribution < -0.4 is 4.74 Å². The van der Waals surface area contributed by atoms with Crippen LogP contribution in [0.25, 0.3) is 0 Å². The Morgan fingerprint density at radius 1 is 1.09 bits per heavy atom. The molecular formula is C14H20O8. The lowest BCUT2D eigenvalue weighted by atomic mass is 10.0. The van der Waals surface area contributed by atoms with Crippen LogP contribution in [0.3, 0.4) is 0 Å². The van der Waals surface area contributed by atoms with Crippen molar-refractivity contribution in [2.75, 3.05) is 20.3 Å². The summed E-state index contributed by atoms with van der Waals surface area (Å²) in [5.74, 6) is -0.487. The molecule has 0 bridgehead atoms. The van der Waals surface area contributed by atoms with E-state index in [4.69, 9.17) is 14.6 Å². The van der Waals surface area contributed by atoms with Gasteiger partial charge in [0, 0.05) is 0 Å². The van der Waals surface area contributed by atoms with Crippen molar-refractivity contribution >= 4 is 5.97 Å². The number of rotatable bonds is 8. The number of carbonyl (C=O) groups excluding carboxylic acids is 1. The number of esters is 1. The van der Waals surface area contributed by atoms with Crippen LogP contribution in [0, 0.1) is 0 Å². The number of carbonyl (C=O) groups is 1. The highest BCUT2D eigenvalue weighted by atomic mass is 16.5. The highest BCUT2D eigenvalue weighted by Gasteiger charge is 2.31. The molecule has 0 aromatic heterocycles. The number of methoxy groups -OCH3 is 1. The van der Waals surface area contributed by atoms with Crippen molar-refractivity contribution in [2.24, 2.45) is 0 Å². The first-order valence-electron chi connectivity index (χ1n) is 6.55. The molecule has 0 radical (unpaired) electrons. The molecule has 1 aromatic rings. The molecule has 22 heavy (non-hydrogen) atoms. The van der Waals surface area contributed by atoms with E-state index in [0.717, 1.165) is 0 Å². The first kappa shape index (κ1) is 18.3. The van der Waals surface area contributed by atoms with Gasteiger partial charge in [-0.2, -0.15) is 0 Å². The summed E-state index contributed by atoms with van der Waals surface area (Å²) in [6.45, 7) is -1.39. The standard InChI is InChI=1S/C14H20O8/c1-21-11-5-3-2-4-8(11)14(20)22-7-10(17)13(19)12(18)9(16)6-15/h2-5,9-10,12-13,15-19H,6-7H2,1H3/t9-,10+,12-,13-/m1/s1. The van der Waals surface area contributed by atoms with E-state index in [1.165, 1.54) is 13.2 Å². The molecule has 0 aliphatic carbocycles. The average Bonchev–Trinajstić information content (AvgIpc) is 2.56. The van der Waals surface area contributed by atoms with Gasteiger partial charge in [0.1, 0.15) is 42.3 Å². The van der Waals surface area contributed by atoms with Crippen LogP contribution in [-0.4, -0.2) is 76.2 Å². The molecule has 5 N–H and O–H groups in total. The predicted molar refractivity (Wildman–Crippen MR) is 74.4 cm³/mol. The molecule has 0 saturated heterocycles. The Morgan fingerprint density at radius 3 is 2.27 bits per heavy atom. The summed E-state index contributed by atoms with van der Waals surface area (Å²) in [5.41, 5.74) is 0.141. The van der Waals surface area contributed by atoms with Crippen molar-refractivity contribution in [1.29, 1.82) is 0 Å². The number of hydrogen-bond acceptors (Lipinski definition) is 8. The molecule has 1 aromatic carbocycles. The molecule has 1 rings (SSSR count). The van der Waals surface area contributed by atoms with Gasteiger partial charge in [0.25, 0.3) is 0 Å². The van der Waals surface area contributed by atoms with Gasteiger partial charge in [-0.3, -0.25) is 0 Å². The monoisotopic (exact) mass is 316 g/mol. The third kappa shape index (κ3) is 4.65. The fraction of sp³-hybridized carbons (Fsp3) is 0.500. The van der Waals surface area contributed by atoms with Crippen LogP contribution in [0.5, 0.6) is 5.75 Å². The van der Waals surface area contributed by atoms with Crippen LogP contribution in [0.2, 0.25) is 0 Å². The Morgan fingerprint density at radius 2 is 1.68 bits per heavy atom. The maximum atomic E-state index is 11.9. The molecular weight excluding hydrogens is 296 g/mol. The summed E-state index contributed by atoms with van der Waals surface area (Å²) < 4.78 is 9.82. The smallest absolute Gasteiger partial charge is 0.342 e. The molecule has 0 heterocycles. The number of para-hydroxylation sites is 1. The van der Waals surface area contributed by atoms with E-state index in [9.17, 15) is 25.2 Å². The summed E-state index contributed by atoms with van der Waals surface area (Å²) in [7, 11) is 1.39. The van der Waals surface area contributed by atoms with Gasteiger partial charge in [-0.25, -0.2) is 4.79 Å². The zero-order chi connectivity index (χ0) is 16.7. The Bertz CT molecular complexity index is 478. The molecule has 0 spiro atoms. The highest BCUT2D eigenvalue weighted by molar-refractivity contribution is 5.92. The molecule has 0 unspecified atom stereocenters. The number of aliphatic hydroxyl groups excluding tert-OH is 5. The first-order chi connectivity index (χ1) is 10.4. The lowest BCUT2D eigenvalue weighted by molar-refractivity contribution is -0.124. The summed E-state index contributed by atoms with van der Waals surface area (Å²) in [6, 6.07) is 6.30. The predicted octanol–water partition coefficient (Wildman–Crippen LogP) is -1.71. The van der Waals surface area contributed by atoms with Gasteiger partial charge in [0.05, 0.1) is 13.7 Å². The van der Waals surface area contributed by atoms with E-state index >= 15 is 0 Å². The van der Waals surface area contributed by atoms with E-state index in [-0.39, 0.29) is 5.56 Å². The Kier molecular flexibility index (Phi) is 7.22. The molecule has 0 amide bonds. The van der Waals surface area contributed by atoms with E-state index in [0.29, 0.717) is 5.75 Å². The van der Waals surface area contributed by atoms with Crippen LogP contribution in [0.15, 0.2) is 24.3 Å². The zero-order valence-corrected chi connectivity index (χ0v) is 12.0. The van der Waals surface area contributed by atoms with Crippen molar-refractivity contribution in [3.8, 4) is 5.75 Å². The molecule has 8 heteroatoms. The van der Waals surface area contributed by atoms with Gasteiger partial charge in [-0.1, -0.05) is 12.1 Å².